The highest BCUT2D eigenvalue weighted by atomic mass is 32.2. The van der Waals surface area contributed by atoms with Crippen LogP contribution in [0.1, 0.15) is 27.6 Å². The Morgan fingerprint density at radius 3 is 2.56 bits per heavy atom. The molecule has 1 aliphatic heterocycles. The normalized spacial score (nSPS) is 19.9. The molecule has 1 atom stereocenters. The number of aromatic nitrogens is 1. The summed E-state index contributed by atoms with van der Waals surface area (Å²) in [5.41, 5.74) is 1.21. The number of hydrogen-bond acceptors (Lipinski definition) is 5. The van der Waals surface area contributed by atoms with E-state index < -0.39 is 15.1 Å². The lowest BCUT2D eigenvalue weighted by molar-refractivity contribution is 0.0766. The third-order valence-electron chi connectivity index (χ3n) is 4.39. The minimum Gasteiger partial charge on any atom is -0.481 e. The number of carbonyl (C=O) groups is 1. The molecular weight excluding hydrogens is 340 g/mol. The number of pyridine rings is 1. The molecule has 0 saturated carbocycles. The van der Waals surface area contributed by atoms with Crippen molar-refractivity contribution in [3.63, 3.8) is 0 Å². The Morgan fingerprint density at radius 2 is 1.92 bits per heavy atom. The molecule has 1 unspecified atom stereocenters. The maximum atomic E-state index is 12.7. The predicted molar refractivity (Wildman–Crippen MR) is 94.3 cm³/mol. The van der Waals surface area contributed by atoms with Crippen LogP contribution in [0.5, 0.6) is 5.88 Å². The molecular formula is C18H20N2O4S. The Balaban J connectivity index is 1.79. The van der Waals surface area contributed by atoms with Gasteiger partial charge < -0.3 is 9.64 Å². The van der Waals surface area contributed by atoms with Crippen LogP contribution in [0, 0.1) is 0 Å². The zero-order valence-corrected chi connectivity index (χ0v) is 14.8. The number of benzene rings is 1. The van der Waals surface area contributed by atoms with Crippen molar-refractivity contribution in [1.29, 1.82) is 0 Å². The highest BCUT2D eigenvalue weighted by Crippen LogP contribution is 2.29. The van der Waals surface area contributed by atoms with Gasteiger partial charge in [-0.05, 0) is 18.1 Å². The van der Waals surface area contributed by atoms with Gasteiger partial charge in [-0.25, -0.2) is 13.4 Å². The number of sulfone groups is 1. The molecule has 6 nitrogen and oxygen atoms in total. The molecule has 7 heteroatoms. The van der Waals surface area contributed by atoms with Gasteiger partial charge in [-0.1, -0.05) is 30.3 Å². The van der Waals surface area contributed by atoms with Crippen LogP contribution in [0.3, 0.4) is 0 Å². The van der Waals surface area contributed by atoms with Crippen LogP contribution in [0.4, 0.5) is 0 Å². The quantitative estimate of drug-likeness (QED) is 0.838. The highest BCUT2D eigenvalue weighted by Gasteiger charge is 2.32. The first-order valence-electron chi connectivity index (χ1n) is 8.07. The van der Waals surface area contributed by atoms with Gasteiger partial charge in [0.1, 0.15) is 0 Å². The first kappa shape index (κ1) is 17.4. The van der Waals surface area contributed by atoms with Crippen molar-refractivity contribution in [2.75, 3.05) is 26.0 Å². The Kier molecular flexibility index (Phi) is 5.03. The van der Waals surface area contributed by atoms with E-state index in [0.29, 0.717) is 24.4 Å². The zero-order chi connectivity index (χ0) is 17.9. The minimum absolute atomic E-state index is 0.0398. The molecule has 2 heterocycles. The Morgan fingerprint density at radius 1 is 1.16 bits per heavy atom. The molecule has 1 aromatic heterocycles. The topological polar surface area (TPSA) is 76.6 Å². The van der Waals surface area contributed by atoms with Crippen molar-refractivity contribution in [3.05, 3.63) is 59.8 Å². The van der Waals surface area contributed by atoms with Crippen LogP contribution in [-0.4, -0.2) is 50.2 Å². The van der Waals surface area contributed by atoms with E-state index in [0.717, 1.165) is 5.56 Å². The number of ether oxygens (including phenoxy) is 1. The molecule has 3 rings (SSSR count). The van der Waals surface area contributed by atoms with Gasteiger partial charge >= 0.3 is 0 Å². The van der Waals surface area contributed by atoms with E-state index in [4.69, 9.17) is 4.74 Å². The number of rotatable bonds is 3. The van der Waals surface area contributed by atoms with Crippen molar-refractivity contribution in [2.45, 2.75) is 11.7 Å². The van der Waals surface area contributed by atoms with Crippen LogP contribution in [0.15, 0.2) is 48.7 Å². The lowest BCUT2D eigenvalue weighted by Gasteiger charge is -2.20. The molecule has 1 amide bonds. The fraction of sp³-hybridized carbons (Fsp3) is 0.333. The highest BCUT2D eigenvalue weighted by molar-refractivity contribution is 7.91. The van der Waals surface area contributed by atoms with E-state index in [-0.39, 0.29) is 18.2 Å². The minimum atomic E-state index is -3.30. The lowest BCUT2D eigenvalue weighted by Crippen LogP contribution is -2.33. The van der Waals surface area contributed by atoms with Gasteiger partial charge in [0.25, 0.3) is 5.91 Å². The van der Waals surface area contributed by atoms with E-state index in [1.165, 1.54) is 13.3 Å². The summed E-state index contributed by atoms with van der Waals surface area (Å²) in [7, 11) is -1.79. The monoisotopic (exact) mass is 360 g/mol. The molecule has 25 heavy (non-hydrogen) atoms. The second kappa shape index (κ2) is 7.23. The number of carbonyl (C=O) groups excluding carboxylic acids is 1. The van der Waals surface area contributed by atoms with Crippen LogP contribution < -0.4 is 4.74 Å². The van der Waals surface area contributed by atoms with Crippen molar-refractivity contribution in [1.82, 2.24) is 9.88 Å². The van der Waals surface area contributed by atoms with Crippen LogP contribution >= 0.6 is 0 Å². The summed E-state index contributed by atoms with van der Waals surface area (Å²) < 4.78 is 30.2. The molecule has 0 radical (unpaired) electrons. The summed E-state index contributed by atoms with van der Waals surface area (Å²) in [4.78, 5) is 18.3. The molecule has 132 valence electrons. The molecule has 0 aliphatic carbocycles. The lowest BCUT2D eigenvalue weighted by atomic mass is 10.1. The maximum absolute atomic E-state index is 12.7. The Bertz CT molecular complexity index is 835. The van der Waals surface area contributed by atoms with Gasteiger partial charge in [0.15, 0.2) is 9.84 Å². The van der Waals surface area contributed by atoms with Gasteiger partial charge in [0.2, 0.25) is 5.88 Å². The molecule has 1 aliphatic rings. The summed E-state index contributed by atoms with van der Waals surface area (Å²) in [6, 6.07) is 12.4. The second-order valence-electron chi connectivity index (χ2n) is 5.94. The van der Waals surface area contributed by atoms with Crippen molar-refractivity contribution in [2.24, 2.45) is 0 Å². The molecule has 0 bridgehead atoms. The maximum Gasteiger partial charge on any atom is 0.255 e. The second-order valence-corrected chi connectivity index (χ2v) is 8.24. The van der Waals surface area contributed by atoms with Crippen LogP contribution in [0.2, 0.25) is 0 Å². The molecule has 1 aromatic carbocycles. The standard InChI is InChI=1S/C18H20N2O4S/c1-24-17-8-7-15(13-19-17)18(21)20-10-9-16(25(22,23)12-11-20)14-5-3-2-4-6-14/h2-8,13,16H,9-12H2,1H3. The van der Waals surface area contributed by atoms with Gasteiger partial charge in [0, 0.05) is 25.4 Å². The van der Waals surface area contributed by atoms with Crippen LogP contribution in [0.25, 0.3) is 0 Å². The Labute approximate surface area is 147 Å². The van der Waals surface area contributed by atoms with Gasteiger partial charge in [0.05, 0.1) is 23.7 Å². The average molecular weight is 360 g/mol. The summed E-state index contributed by atoms with van der Waals surface area (Å²) >= 11 is 0. The van der Waals surface area contributed by atoms with E-state index in [1.807, 2.05) is 30.3 Å². The molecule has 1 saturated heterocycles. The first-order valence-corrected chi connectivity index (χ1v) is 9.78. The summed E-state index contributed by atoms with van der Waals surface area (Å²) in [5, 5.41) is -0.569. The third-order valence-corrected chi connectivity index (χ3v) is 6.52. The number of methoxy groups -OCH3 is 1. The van der Waals surface area contributed by atoms with E-state index in [2.05, 4.69) is 4.98 Å². The number of hydrogen-bond donors (Lipinski definition) is 0. The van der Waals surface area contributed by atoms with E-state index in [9.17, 15) is 13.2 Å². The summed E-state index contributed by atoms with van der Waals surface area (Å²) in [6.07, 6.45) is 1.84. The molecule has 2 aromatic rings. The molecule has 0 N–H and O–H groups in total. The Hall–Kier alpha value is -2.41. The summed E-state index contributed by atoms with van der Waals surface area (Å²) in [5.74, 6) is 0.181. The molecule has 0 spiro atoms. The van der Waals surface area contributed by atoms with Gasteiger partial charge in [-0.2, -0.15) is 0 Å². The third kappa shape index (κ3) is 3.82. The van der Waals surface area contributed by atoms with Gasteiger partial charge in [-0.3, -0.25) is 4.79 Å². The van der Waals surface area contributed by atoms with Crippen LogP contribution in [-0.2, 0) is 9.84 Å². The number of amides is 1. The average Bonchev–Trinajstić information content (AvgIpc) is 2.80. The fourth-order valence-electron chi connectivity index (χ4n) is 3.00. The van der Waals surface area contributed by atoms with E-state index in [1.54, 1.807) is 17.0 Å². The number of nitrogens with zero attached hydrogens (tertiary/aromatic N) is 2. The van der Waals surface area contributed by atoms with Crippen molar-refractivity contribution < 1.29 is 17.9 Å². The van der Waals surface area contributed by atoms with Crippen molar-refractivity contribution >= 4 is 15.7 Å². The summed E-state index contributed by atoms with van der Waals surface area (Å²) in [6.45, 7) is 0.584. The van der Waals surface area contributed by atoms with E-state index >= 15 is 0 Å². The smallest absolute Gasteiger partial charge is 0.255 e. The SMILES string of the molecule is COc1ccc(C(=O)N2CCC(c3ccccc3)S(=O)(=O)CC2)cn1. The zero-order valence-electron chi connectivity index (χ0n) is 14.0. The molecule has 1 fully saturated rings. The van der Waals surface area contributed by atoms with Gasteiger partial charge in [-0.15, -0.1) is 0 Å². The first-order chi connectivity index (χ1) is 12.0. The largest absolute Gasteiger partial charge is 0.481 e. The fourth-order valence-corrected chi connectivity index (χ4v) is 4.79. The van der Waals surface area contributed by atoms with Crippen molar-refractivity contribution in [3.8, 4) is 5.88 Å². The predicted octanol–water partition coefficient (Wildman–Crippen LogP) is 2.09.